The van der Waals surface area contributed by atoms with Crippen molar-refractivity contribution in [2.24, 2.45) is 0 Å². The maximum Gasteiger partial charge on any atom is 0.265 e. The first-order valence-electron chi connectivity index (χ1n) is 9.21. The fourth-order valence-electron chi connectivity index (χ4n) is 3.97. The Hall–Kier alpha value is -2.18. The number of rotatable bonds is 4. The first-order chi connectivity index (χ1) is 12.7. The van der Waals surface area contributed by atoms with Gasteiger partial charge in [0, 0.05) is 29.9 Å². The minimum atomic E-state index is -0.119. The number of likely N-dealkylation sites (tertiary alicyclic amines) is 1. The fourth-order valence-corrected chi connectivity index (χ4v) is 4.58. The Morgan fingerprint density at radius 1 is 1.12 bits per heavy atom. The summed E-state index contributed by atoms with van der Waals surface area (Å²) >= 11 is 1.41. The molecule has 0 bridgehead atoms. The number of carbonyl (C=O) groups is 2. The third-order valence-electron chi connectivity index (χ3n) is 5.26. The quantitative estimate of drug-likeness (QED) is 0.869. The molecule has 2 aliphatic rings. The average molecular weight is 369 g/mol. The summed E-state index contributed by atoms with van der Waals surface area (Å²) in [7, 11) is 0. The molecule has 26 heavy (non-hydrogen) atoms. The molecule has 1 aromatic carbocycles. The Morgan fingerprint density at radius 3 is 2.65 bits per heavy atom. The minimum Gasteiger partial charge on any atom is -0.334 e. The molecule has 6 heteroatoms. The second-order valence-electron chi connectivity index (χ2n) is 6.92. The molecule has 2 N–H and O–H groups in total. The lowest BCUT2D eigenvalue weighted by atomic mass is 10.0. The molecule has 2 amide bonds. The van der Waals surface area contributed by atoms with Gasteiger partial charge in [-0.2, -0.15) is 0 Å². The lowest BCUT2D eigenvalue weighted by Crippen LogP contribution is -2.46. The summed E-state index contributed by atoms with van der Waals surface area (Å²) in [4.78, 5) is 27.8. The molecule has 1 aromatic heterocycles. The van der Waals surface area contributed by atoms with Crippen molar-refractivity contribution >= 4 is 28.8 Å². The number of thiophene rings is 1. The molecule has 2 atom stereocenters. The molecule has 0 radical (unpaired) electrons. The van der Waals surface area contributed by atoms with Crippen LogP contribution in [-0.4, -0.2) is 41.9 Å². The maximum atomic E-state index is 12.9. The highest BCUT2D eigenvalue weighted by Gasteiger charge is 2.36. The molecule has 5 nitrogen and oxygen atoms in total. The summed E-state index contributed by atoms with van der Waals surface area (Å²) in [5.74, 6) is -0.0247. The summed E-state index contributed by atoms with van der Waals surface area (Å²) in [6.07, 6.45) is 4.51. The van der Waals surface area contributed by atoms with Crippen molar-refractivity contribution in [3.63, 3.8) is 0 Å². The molecule has 0 saturated carbocycles. The summed E-state index contributed by atoms with van der Waals surface area (Å²) in [5, 5.41) is 8.29. The van der Waals surface area contributed by atoms with Gasteiger partial charge in [0.1, 0.15) is 0 Å². The second kappa shape index (κ2) is 7.60. The summed E-state index contributed by atoms with van der Waals surface area (Å²) in [6.45, 7) is 1.89. The predicted octanol–water partition coefficient (Wildman–Crippen LogP) is 3.36. The monoisotopic (exact) mass is 369 g/mol. The first kappa shape index (κ1) is 17.2. The lowest BCUT2D eigenvalue weighted by Gasteiger charge is -2.29. The van der Waals surface area contributed by atoms with Crippen LogP contribution in [0.15, 0.2) is 41.8 Å². The van der Waals surface area contributed by atoms with E-state index in [1.807, 2.05) is 28.5 Å². The van der Waals surface area contributed by atoms with Gasteiger partial charge in [0.25, 0.3) is 11.8 Å². The largest absolute Gasteiger partial charge is 0.334 e. The van der Waals surface area contributed by atoms with Crippen molar-refractivity contribution in [1.82, 2.24) is 10.2 Å². The SMILES string of the molecule is O=C(Nc1ccc(C(=O)N2CCCC2C2CCCN2)cc1)c1cccs1. The molecule has 4 rings (SSSR count). The molecular formula is C20H23N3O2S. The summed E-state index contributed by atoms with van der Waals surface area (Å²) in [5.41, 5.74) is 1.39. The average Bonchev–Trinajstić information content (AvgIpc) is 3.43. The molecule has 0 spiro atoms. The number of nitrogens with zero attached hydrogens (tertiary/aromatic N) is 1. The molecule has 0 aliphatic carbocycles. The van der Waals surface area contributed by atoms with Gasteiger partial charge in [-0.25, -0.2) is 0 Å². The smallest absolute Gasteiger partial charge is 0.265 e. The standard InChI is InChI=1S/C20H23N3O2S/c24-19(18-6-3-13-26-18)22-15-9-7-14(8-10-15)20(25)23-12-2-5-17(23)16-4-1-11-21-16/h3,6-10,13,16-17,21H,1-2,4-5,11-12H2,(H,22,24). The number of carbonyl (C=O) groups excluding carboxylic acids is 2. The van der Waals surface area contributed by atoms with Crippen molar-refractivity contribution in [2.45, 2.75) is 37.8 Å². The number of hydrogen-bond acceptors (Lipinski definition) is 4. The normalized spacial score (nSPS) is 22.5. The van der Waals surface area contributed by atoms with Gasteiger partial charge >= 0.3 is 0 Å². The van der Waals surface area contributed by atoms with Crippen LogP contribution >= 0.6 is 11.3 Å². The topological polar surface area (TPSA) is 61.4 Å². The van der Waals surface area contributed by atoms with Crippen LogP contribution in [0.5, 0.6) is 0 Å². The first-order valence-corrected chi connectivity index (χ1v) is 10.1. The van der Waals surface area contributed by atoms with Crippen LogP contribution in [0.1, 0.15) is 45.7 Å². The van der Waals surface area contributed by atoms with Crippen LogP contribution in [0.3, 0.4) is 0 Å². The second-order valence-corrected chi connectivity index (χ2v) is 7.87. The minimum absolute atomic E-state index is 0.0948. The molecule has 3 heterocycles. The van der Waals surface area contributed by atoms with E-state index in [0.717, 1.165) is 32.4 Å². The van der Waals surface area contributed by atoms with E-state index in [4.69, 9.17) is 0 Å². The van der Waals surface area contributed by atoms with Gasteiger partial charge in [0.15, 0.2) is 0 Å². The zero-order valence-corrected chi connectivity index (χ0v) is 15.4. The zero-order chi connectivity index (χ0) is 17.9. The highest BCUT2D eigenvalue weighted by Crippen LogP contribution is 2.27. The maximum absolute atomic E-state index is 12.9. The van der Waals surface area contributed by atoms with Crippen molar-refractivity contribution in [3.05, 3.63) is 52.2 Å². The van der Waals surface area contributed by atoms with Crippen molar-refractivity contribution in [1.29, 1.82) is 0 Å². The third kappa shape index (κ3) is 3.52. The number of amides is 2. The van der Waals surface area contributed by atoms with Crippen LogP contribution in [0, 0.1) is 0 Å². The molecular weight excluding hydrogens is 346 g/mol. The van der Waals surface area contributed by atoms with Gasteiger partial charge in [-0.1, -0.05) is 6.07 Å². The molecule has 2 aliphatic heterocycles. The molecule has 2 unspecified atom stereocenters. The van der Waals surface area contributed by atoms with E-state index in [1.165, 1.54) is 17.8 Å². The Balaban J connectivity index is 1.42. The molecule has 2 saturated heterocycles. The van der Waals surface area contributed by atoms with E-state index in [1.54, 1.807) is 18.2 Å². The Bertz CT molecular complexity index is 767. The van der Waals surface area contributed by atoms with Gasteiger partial charge in [0.2, 0.25) is 0 Å². The van der Waals surface area contributed by atoms with Gasteiger partial charge in [0.05, 0.1) is 4.88 Å². The van der Waals surface area contributed by atoms with Crippen molar-refractivity contribution < 1.29 is 9.59 Å². The molecule has 136 valence electrons. The Labute approximate surface area is 157 Å². The van der Waals surface area contributed by atoms with Gasteiger partial charge in [-0.05, 0) is 67.9 Å². The van der Waals surface area contributed by atoms with Crippen LogP contribution in [-0.2, 0) is 0 Å². The molecule has 2 fully saturated rings. The van der Waals surface area contributed by atoms with Crippen LogP contribution in [0.25, 0.3) is 0 Å². The van der Waals surface area contributed by atoms with Crippen LogP contribution in [0.2, 0.25) is 0 Å². The zero-order valence-electron chi connectivity index (χ0n) is 14.6. The number of nitrogens with one attached hydrogen (secondary N) is 2. The summed E-state index contributed by atoms with van der Waals surface area (Å²) < 4.78 is 0. The van der Waals surface area contributed by atoms with E-state index in [0.29, 0.717) is 28.2 Å². The number of anilines is 1. The van der Waals surface area contributed by atoms with Crippen molar-refractivity contribution in [3.8, 4) is 0 Å². The fraction of sp³-hybridized carbons (Fsp3) is 0.400. The Morgan fingerprint density at radius 2 is 1.96 bits per heavy atom. The van der Waals surface area contributed by atoms with E-state index >= 15 is 0 Å². The van der Waals surface area contributed by atoms with Crippen LogP contribution < -0.4 is 10.6 Å². The third-order valence-corrected chi connectivity index (χ3v) is 6.13. The highest BCUT2D eigenvalue weighted by molar-refractivity contribution is 7.12. The van der Waals surface area contributed by atoms with Gasteiger partial charge < -0.3 is 15.5 Å². The van der Waals surface area contributed by atoms with E-state index in [-0.39, 0.29) is 11.8 Å². The van der Waals surface area contributed by atoms with Crippen molar-refractivity contribution in [2.75, 3.05) is 18.4 Å². The van der Waals surface area contributed by atoms with Crippen LogP contribution in [0.4, 0.5) is 5.69 Å². The number of hydrogen-bond donors (Lipinski definition) is 2. The Kier molecular flexibility index (Phi) is 5.04. The van der Waals surface area contributed by atoms with E-state index < -0.39 is 0 Å². The van der Waals surface area contributed by atoms with E-state index in [9.17, 15) is 9.59 Å². The summed E-state index contributed by atoms with van der Waals surface area (Å²) in [6, 6.07) is 11.6. The number of benzene rings is 1. The highest BCUT2D eigenvalue weighted by atomic mass is 32.1. The molecule has 2 aromatic rings. The lowest BCUT2D eigenvalue weighted by molar-refractivity contribution is 0.0711. The predicted molar refractivity (Wildman–Crippen MR) is 104 cm³/mol. The van der Waals surface area contributed by atoms with E-state index in [2.05, 4.69) is 10.6 Å². The van der Waals surface area contributed by atoms with Gasteiger partial charge in [-0.3, -0.25) is 9.59 Å². The van der Waals surface area contributed by atoms with Gasteiger partial charge in [-0.15, -0.1) is 11.3 Å².